The fourth-order valence-electron chi connectivity index (χ4n) is 3.02. The van der Waals surface area contributed by atoms with Crippen LogP contribution >= 0.6 is 0 Å². The number of hydrogen-bond donors (Lipinski definition) is 3. The van der Waals surface area contributed by atoms with Gasteiger partial charge in [-0.2, -0.15) is 0 Å². The largest absolute Gasteiger partial charge is 0.344 e. The number of amidine groups is 1. The molecule has 0 saturated carbocycles. The second-order valence-corrected chi connectivity index (χ2v) is 7.51. The number of carbonyl (C=O) groups excluding carboxylic acids is 1. The molecule has 2 aliphatic heterocycles. The average molecular weight is 338 g/mol. The van der Waals surface area contributed by atoms with Crippen molar-refractivity contribution in [2.24, 2.45) is 0 Å². The molecule has 0 radical (unpaired) electrons. The molecule has 2 saturated heterocycles. The molecule has 3 rings (SSSR count). The fourth-order valence-corrected chi connectivity index (χ4v) is 4.19. The van der Waals surface area contributed by atoms with Gasteiger partial charge >= 0.3 is 6.03 Å². The maximum Gasteiger partial charge on any atom is 0.344 e. The van der Waals surface area contributed by atoms with Crippen LogP contribution in [0.4, 0.5) is 4.79 Å². The minimum atomic E-state index is -3.72. The second kappa shape index (κ2) is 5.82. The Bertz CT molecular complexity index is 722. The van der Waals surface area contributed by atoms with Crippen molar-refractivity contribution in [3.8, 4) is 0 Å². The number of amides is 2. The Morgan fingerprint density at radius 2 is 2.00 bits per heavy atom. The topological polar surface area (TPSA) is 114 Å². The van der Waals surface area contributed by atoms with Crippen molar-refractivity contribution in [3.63, 3.8) is 0 Å². The number of hydroxylamine groups is 2. The Hall–Kier alpha value is -2.13. The second-order valence-electron chi connectivity index (χ2n) is 5.79. The third-order valence-corrected chi connectivity index (χ3v) is 5.39. The summed E-state index contributed by atoms with van der Waals surface area (Å²) >= 11 is 0. The van der Waals surface area contributed by atoms with Gasteiger partial charge in [0.2, 0.25) is 10.0 Å². The molecule has 2 atom stereocenters. The van der Waals surface area contributed by atoms with Crippen molar-refractivity contribution in [3.05, 3.63) is 35.9 Å². The standard InChI is InChI=1S/C14H18N4O4S/c15-13(12-7-6-11-8-17(12)14(19)18(11)20)16-23(21,22)9-10-4-2-1-3-5-10/h1-5,11-12,20H,6-9H2,(H2,15,16)/t11-,12+/m1/s1. The maximum absolute atomic E-state index is 12.2. The third-order valence-electron chi connectivity index (χ3n) is 4.14. The lowest BCUT2D eigenvalue weighted by Crippen LogP contribution is -2.50. The average Bonchev–Trinajstić information content (AvgIpc) is 2.72. The zero-order chi connectivity index (χ0) is 16.6. The van der Waals surface area contributed by atoms with Crippen LogP contribution in [0.5, 0.6) is 0 Å². The number of urea groups is 1. The molecule has 2 amide bonds. The summed E-state index contributed by atoms with van der Waals surface area (Å²) in [6, 6.07) is 7.18. The summed E-state index contributed by atoms with van der Waals surface area (Å²) in [4.78, 5) is 13.2. The van der Waals surface area contributed by atoms with Gasteiger partial charge in [0, 0.05) is 6.54 Å². The van der Waals surface area contributed by atoms with Crippen molar-refractivity contribution >= 4 is 21.9 Å². The van der Waals surface area contributed by atoms with Crippen LogP contribution in [0.1, 0.15) is 18.4 Å². The van der Waals surface area contributed by atoms with Gasteiger partial charge < -0.3 is 4.90 Å². The highest BCUT2D eigenvalue weighted by Gasteiger charge is 2.46. The predicted octanol–water partition coefficient (Wildman–Crippen LogP) is 0.741. The Morgan fingerprint density at radius 3 is 2.70 bits per heavy atom. The number of carbonyl (C=O) groups is 1. The molecular weight excluding hydrogens is 320 g/mol. The van der Waals surface area contributed by atoms with Crippen molar-refractivity contribution in [2.45, 2.75) is 30.7 Å². The number of piperidine rings is 1. The molecule has 9 heteroatoms. The summed E-state index contributed by atoms with van der Waals surface area (Å²) in [7, 11) is -3.72. The van der Waals surface area contributed by atoms with E-state index in [1.54, 1.807) is 30.3 Å². The molecule has 0 unspecified atom stereocenters. The number of fused-ring (bicyclic) bond motifs is 2. The third kappa shape index (κ3) is 3.15. The number of hydrogen-bond acceptors (Lipinski definition) is 5. The summed E-state index contributed by atoms with van der Waals surface area (Å²) in [6.45, 7) is 0.308. The van der Waals surface area contributed by atoms with Gasteiger partial charge in [0.15, 0.2) is 0 Å². The predicted molar refractivity (Wildman–Crippen MR) is 82.5 cm³/mol. The number of rotatable bonds is 4. The molecule has 2 bridgehead atoms. The van der Waals surface area contributed by atoms with Crippen molar-refractivity contribution < 1.29 is 18.4 Å². The van der Waals surface area contributed by atoms with E-state index in [2.05, 4.69) is 4.72 Å². The first kappa shape index (κ1) is 15.8. The smallest absolute Gasteiger partial charge is 0.311 e. The van der Waals surface area contributed by atoms with Crippen LogP contribution in [0.2, 0.25) is 0 Å². The quantitative estimate of drug-likeness (QED) is 0.427. The Morgan fingerprint density at radius 1 is 1.30 bits per heavy atom. The number of nitrogens with zero attached hydrogens (tertiary/aromatic N) is 2. The fraction of sp³-hybridized carbons (Fsp3) is 0.429. The first-order valence-corrected chi connectivity index (χ1v) is 8.94. The van der Waals surface area contributed by atoms with E-state index in [1.807, 2.05) is 0 Å². The van der Waals surface area contributed by atoms with Gasteiger partial charge in [-0.3, -0.25) is 15.3 Å². The van der Waals surface area contributed by atoms with Crippen molar-refractivity contribution in [2.75, 3.05) is 6.54 Å². The summed E-state index contributed by atoms with van der Waals surface area (Å²) < 4.78 is 26.6. The van der Waals surface area contributed by atoms with E-state index in [-0.39, 0.29) is 17.6 Å². The molecule has 2 aliphatic rings. The number of benzene rings is 1. The molecule has 1 aromatic carbocycles. The molecule has 0 aliphatic carbocycles. The summed E-state index contributed by atoms with van der Waals surface area (Å²) in [5.74, 6) is -0.464. The minimum Gasteiger partial charge on any atom is -0.311 e. The van der Waals surface area contributed by atoms with Crippen LogP contribution in [0.15, 0.2) is 30.3 Å². The van der Waals surface area contributed by atoms with E-state index < -0.39 is 22.1 Å². The monoisotopic (exact) mass is 338 g/mol. The van der Waals surface area contributed by atoms with Crippen LogP contribution in [-0.4, -0.2) is 54.1 Å². The molecule has 1 aromatic rings. The highest BCUT2D eigenvalue weighted by atomic mass is 32.2. The molecule has 8 nitrogen and oxygen atoms in total. The van der Waals surface area contributed by atoms with Gasteiger partial charge in [-0.15, -0.1) is 0 Å². The SMILES string of the molecule is N=C(NS(=O)(=O)Cc1ccccc1)[C@@H]1CC[C@@H]2CN1C(=O)N2O. The lowest BCUT2D eigenvalue weighted by atomic mass is 10.0. The van der Waals surface area contributed by atoms with Crippen LogP contribution in [0, 0.1) is 5.41 Å². The van der Waals surface area contributed by atoms with Crippen LogP contribution in [-0.2, 0) is 15.8 Å². The van der Waals surface area contributed by atoms with Crippen LogP contribution in [0.3, 0.4) is 0 Å². The highest BCUT2D eigenvalue weighted by molar-refractivity contribution is 7.89. The lowest BCUT2D eigenvalue weighted by molar-refractivity contribution is -0.0583. The van der Waals surface area contributed by atoms with Crippen molar-refractivity contribution in [1.29, 1.82) is 5.41 Å². The van der Waals surface area contributed by atoms with E-state index in [9.17, 15) is 18.4 Å². The first-order chi connectivity index (χ1) is 10.9. The summed E-state index contributed by atoms with van der Waals surface area (Å²) in [5.41, 5.74) is 0.621. The summed E-state index contributed by atoms with van der Waals surface area (Å²) in [5, 5.41) is 18.3. The highest BCUT2D eigenvalue weighted by Crippen LogP contribution is 2.28. The molecule has 0 aromatic heterocycles. The van der Waals surface area contributed by atoms with E-state index >= 15 is 0 Å². The van der Waals surface area contributed by atoms with E-state index in [0.29, 0.717) is 30.0 Å². The van der Waals surface area contributed by atoms with E-state index in [1.165, 1.54) is 4.90 Å². The zero-order valence-electron chi connectivity index (χ0n) is 12.3. The Kier molecular flexibility index (Phi) is 3.99. The minimum absolute atomic E-state index is 0.231. The lowest BCUT2D eigenvalue weighted by Gasteiger charge is -2.30. The van der Waals surface area contributed by atoms with Crippen LogP contribution in [0.25, 0.3) is 0 Å². The van der Waals surface area contributed by atoms with Gasteiger partial charge in [0.25, 0.3) is 0 Å². The van der Waals surface area contributed by atoms with E-state index in [0.717, 1.165) is 0 Å². The molecule has 2 fully saturated rings. The van der Waals surface area contributed by atoms with E-state index in [4.69, 9.17) is 5.41 Å². The Balaban J connectivity index is 1.68. The first-order valence-electron chi connectivity index (χ1n) is 7.29. The van der Waals surface area contributed by atoms with Gasteiger partial charge in [-0.05, 0) is 18.4 Å². The number of sulfonamides is 1. The van der Waals surface area contributed by atoms with Crippen LogP contribution < -0.4 is 4.72 Å². The van der Waals surface area contributed by atoms with Gasteiger partial charge in [0.05, 0.1) is 17.8 Å². The molecule has 23 heavy (non-hydrogen) atoms. The summed E-state index contributed by atoms with van der Waals surface area (Å²) in [6.07, 6.45) is 0.979. The van der Waals surface area contributed by atoms with Gasteiger partial charge in [0.1, 0.15) is 5.84 Å². The van der Waals surface area contributed by atoms with Gasteiger partial charge in [-0.25, -0.2) is 18.3 Å². The number of nitrogens with one attached hydrogen (secondary N) is 2. The van der Waals surface area contributed by atoms with Crippen molar-refractivity contribution in [1.82, 2.24) is 14.7 Å². The molecular formula is C14H18N4O4S. The maximum atomic E-state index is 12.2. The molecule has 124 valence electrons. The van der Waals surface area contributed by atoms with Gasteiger partial charge in [-0.1, -0.05) is 30.3 Å². The molecule has 2 heterocycles. The normalized spacial score (nSPS) is 24.0. The molecule has 0 spiro atoms. The Labute approximate surface area is 134 Å². The molecule has 3 N–H and O–H groups in total. The zero-order valence-corrected chi connectivity index (χ0v) is 13.2.